The predicted octanol–water partition coefficient (Wildman–Crippen LogP) is 3.78. The van der Waals surface area contributed by atoms with E-state index in [1.807, 2.05) is 7.05 Å². The Labute approximate surface area is 163 Å². The molecule has 2 atom stereocenters. The summed E-state index contributed by atoms with van der Waals surface area (Å²) in [6.07, 6.45) is 4.64. The highest BCUT2D eigenvalue weighted by Crippen LogP contribution is 2.46. The van der Waals surface area contributed by atoms with Crippen molar-refractivity contribution in [2.24, 2.45) is 10.9 Å². The Balaban J connectivity index is 0.00000288. The van der Waals surface area contributed by atoms with Crippen LogP contribution >= 0.6 is 24.0 Å². The van der Waals surface area contributed by atoms with E-state index in [0.29, 0.717) is 5.92 Å². The van der Waals surface area contributed by atoms with Gasteiger partial charge in [0.05, 0.1) is 0 Å². The van der Waals surface area contributed by atoms with Gasteiger partial charge < -0.3 is 15.4 Å². The van der Waals surface area contributed by atoms with Gasteiger partial charge in [0.1, 0.15) is 0 Å². The second-order valence-electron chi connectivity index (χ2n) is 6.21. The number of hydrogen-bond donors (Lipinski definition) is 2. The average molecular weight is 445 g/mol. The number of unbranched alkanes of at least 4 members (excludes halogenated alkanes) is 1. The number of halogens is 1. The minimum Gasteiger partial charge on any atom is -0.381 e. The van der Waals surface area contributed by atoms with Gasteiger partial charge in [-0.15, -0.1) is 24.0 Å². The van der Waals surface area contributed by atoms with Gasteiger partial charge in [-0.05, 0) is 36.7 Å². The predicted molar refractivity (Wildman–Crippen MR) is 112 cm³/mol. The van der Waals surface area contributed by atoms with Gasteiger partial charge in [0.25, 0.3) is 0 Å². The summed E-state index contributed by atoms with van der Waals surface area (Å²) in [5, 5.41) is 6.80. The maximum atomic E-state index is 5.56. The van der Waals surface area contributed by atoms with Gasteiger partial charge >= 0.3 is 0 Å². The van der Waals surface area contributed by atoms with Crippen LogP contribution in [-0.2, 0) is 4.74 Å². The zero-order valence-corrected chi connectivity index (χ0v) is 17.3. The van der Waals surface area contributed by atoms with Crippen molar-refractivity contribution in [2.45, 2.75) is 38.5 Å². The third kappa shape index (κ3) is 7.83. The first-order valence-electron chi connectivity index (χ1n) is 8.92. The third-order valence-electron chi connectivity index (χ3n) is 4.31. The fraction of sp³-hybridized carbons (Fsp3) is 0.632. The summed E-state index contributed by atoms with van der Waals surface area (Å²) in [4.78, 5) is 4.29. The van der Waals surface area contributed by atoms with E-state index in [-0.39, 0.29) is 24.0 Å². The van der Waals surface area contributed by atoms with Crippen LogP contribution in [0.3, 0.4) is 0 Å². The van der Waals surface area contributed by atoms with Gasteiger partial charge in [-0.2, -0.15) is 0 Å². The van der Waals surface area contributed by atoms with Gasteiger partial charge in [-0.3, -0.25) is 4.99 Å². The highest BCUT2D eigenvalue weighted by Gasteiger charge is 2.37. The fourth-order valence-corrected chi connectivity index (χ4v) is 2.76. The van der Waals surface area contributed by atoms with E-state index < -0.39 is 0 Å². The first-order chi connectivity index (χ1) is 11.3. The van der Waals surface area contributed by atoms with Crippen LogP contribution in [0.5, 0.6) is 0 Å². The summed E-state index contributed by atoms with van der Waals surface area (Å²) < 4.78 is 5.56. The minimum absolute atomic E-state index is 0. The van der Waals surface area contributed by atoms with Crippen LogP contribution < -0.4 is 10.6 Å². The number of hydrogen-bond acceptors (Lipinski definition) is 2. The number of benzene rings is 1. The van der Waals surface area contributed by atoms with Crippen molar-refractivity contribution in [3.63, 3.8) is 0 Å². The van der Waals surface area contributed by atoms with Crippen molar-refractivity contribution in [1.29, 1.82) is 0 Å². The van der Waals surface area contributed by atoms with E-state index in [0.717, 1.165) is 51.0 Å². The Hall–Kier alpha value is -0.820. The molecule has 0 amide bonds. The standard InChI is InChI=1S/C19H31N3O.HI/c1-3-4-12-23-13-8-11-21-19(20-2)22-15-17-14-18(17)16-9-6-5-7-10-16;/h5-7,9-10,17-18H,3-4,8,11-15H2,1-2H3,(H2,20,21,22);1H. The molecule has 1 saturated carbocycles. The van der Waals surface area contributed by atoms with Crippen molar-refractivity contribution in [2.75, 3.05) is 33.4 Å². The lowest BCUT2D eigenvalue weighted by molar-refractivity contribution is 0.129. The zero-order valence-electron chi connectivity index (χ0n) is 15.0. The molecule has 136 valence electrons. The largest absolute Gasteiger partial charge is 0.381 e. The molecular weight excluding hydrogens is 413 g/mol. The summed E-state index contributed by atoms with van der Waals surface area (Å²) in [5.41, 5.74) is 1.46. The monoisotopic (exact) mass is 445 g/mol. The van der Waals surface area contributed by atoms with Gasteiger partial charge in [-0.1, -0.05) is 43.7 Å². The summed E-state index contributed by atoms with van der Waals surface area (Å²) in [7, 11) is 1.83. The molecule has 0 heterocycles. The quantitative estimate of drug-likeness (QED) is 0.249. The van der Waals surface area contributed by atoms with Crippen LogP contribution in [0.25, 0.3) is 0 Å². The molecule has 0 saturated heterocycles. The minimum atomic E-state index is 0. The van der Waals surface area contributed by atoms with E-state index in [1.165, 1.54) is 18.4 Å². The van der Waals surface area contributed by atoms with Gasteiger partial charge in [-0.25, -0.2) is 0 Å². The number of nitrogens with one attached hydrogen (secondary N) is 2. The van der Waals surface area contributed by atoms with Crippen LogP contribution in [0.2, 0.25) is 0 Å². The molecule has 1 fully saturated rings. The highest BCUT2D eigenvalue weighted by molar-refractivity contribution is 14.0. The molecule has 2 rings (SSSR count). The van der Waals surface area contributed by atoms with Crippen molar-refractivity contribution in [1.82, 2.24) is 10.6 Å². The van der Waals surface area contributed by atoms with Crippen LogP contribution in [-0.4, -0.2) is 39.3 Å². The Kier molecular flexibility index (Phi) is 11.1. The normalized spacial score (nSPS) is 19.5. The van der Waals surface area contributed by atoms with Gasteiger partial charge in [0, 0.05) is 33.4 Å². The molecule has 1 aromatic carbocycles. The van der Waals surface area contributed by atoms with Crippen molar-refractivity contribution >= 4 is 29.9 Å². The lowest BCUT2D eigenvalue weighted by atomic mass is 10.1. The first kappa shape index (κ1) is 21.2. The topological polar surface area (TPSA) is 45.6 Å². The van der Waals surface area contributed by atoms with Crippen molar-refractivity contribution in [3.05, 3.63) is 35.9 Å². The lowest BCUT2D eigenvalue weighted by Crippen LogP contribution is -2.39. The van der Waals surface area contributed by atoms with Crippen molar-refractivity contribution < 1.29 is 4.74 Å². The average Bonchev–Trinajstić information content (AvgIpc) is 3.37. The fourth-order valence-electron chi connectivity index (χ4n) is 2.76. The molecular formula is C19H32IN3O. The number of rotatable bonds is 10. The van der Waals surface area contributed by atoms with E-state index >= 15 is 0 Å². The second-order valence-corrected chi connectivity index (χ2v) is 6.21. The molecule has 0 bridgehead atoms. The number of guanidine groups is 1. The molecule has 1 aliphatic rings. The first-order valence-corrected chi connectivity index (χ1v) is 8.92. The van der Waals surface area contributed by atoms with Crippen LogP contribution in [0, 0.1) is 5.92 Å². The van der Waals surface area contributed by atoms with Crippen LogP contribution in [0.4, 0.5) is 0 Å². The molecule has 5 heteroatoms. The Bertz CT molecular complexity index is 467. The highest BCUT2D eigenvalue weighted by atomic mass is 127. The molecule has 0 aromatic heterocycles. The molecule has 2 N–H and O–H groups in total. The number of ether oxygens (including phenoxy) is 1. The molecule has 24 heavy (non-hydrogen) atoms. The maximum Gasteiger partial charge on any atom is 0.190 e. The van der Waals surface area contributed by atoms with E-state index in [9.17, 15) is 0 Å². The lowest BCUT2D eigenvalue weighted by Gasteiger charge is -2.12. The van der Waals surface area contributed by atoms with E-state index in [2.05, 4.69) is 52.9 Å². The Morgan fingerprint density at radius 2 is 1.92 bits per heavy atom. The summed E-state index contributed by atoms with van der Waals surface area (Å²) >= 11 is 0. The molecule has 1 aliphatic carbocycles. The van der Waals surface area contributed by atoms with Crippen molar-refractivity contribution in [3.8, 4) is 0 Å². The summed E-state index contributed by atoms with van der Waals surface area (Å²) in [6, 6.07) is 10.8. The molecule has 2 unspecified atom stereocenters. The summed E-state index contributed by atoms with van der Waals surface area (Å²) in [6.45, 7) is 5.78. The third-order valence-corrected chi connectivity index (χ3v) is 4.31. The molecule has 0 radical (unpaired) electrons. The SMILES string of the molecule is CCCCOCCCNC(=NC)NCC1CC1c1ccccc1.I. The summed E-state index contributed by atoms with van der Waals surface area (Å²) in [5.74, 6) is 2.35. The van der Waals surface area contributed by atoms with E-state index in [1.54, 1.807) is 0 Å². The maximum absolute atomic E-state index is 5.56. The molecule has 4 nitrogen and oxygen atoms in total. The zero-order chi connectivity index (χ0) is 16.3. The van der Waals surface area contributed by atoms with Gasteiger partial charge in [0.15, 0.2) is 5.96 Å². The Morgan fingerprint density at radius 1 is 1.17 bits per heavy atom. The van der Waals surface area contributed by atoms with Crippen LogP contribution in [0.15, 0.2) is 35.3 Å². The number of nitrogens with zero attached hydrogens (tertiary/aromatic N) is 1. The second kappa shape index (κ2) is 12.5. The smallest absolute Gasteiger partial charge is 0.190 e. The molecule has 1 aromatic rings. The van der Waals surface area contributed by atoms with E-state index in [4.69, 9.17) is 4.74 Å². The Morgan fingerprint density at radius 3 is 2.62 bits per heavy atom. The molecule has 0 spiro atoms. The molecule has 0 aliphatic heterocycles. The number of aliphatic imine (C=N–C) groups is 1. The van der Waals surface area contributed by atoms with Crippen LogP contribution in [0.1, 0.15) is 44.1 Å². The van der Waals surface area contributed by atoms with Gasteiger partial charge in [0.2, 0.25) is 0 Å².